The second-order valence-corrected chi connectivity index (χ2v) is 11.7. The monoisotopic (exact) mass is 567 g/mol. The molecule has 0 aliphatic carbocycles. The van der Waals surface area contributed by atoms with Crippen molar-refractivity contribution in [3.63, 3.8) is 0 Å². The van der Waals surface area contributed by atoms with Gasteiger partial charge < -0.3 is 24.6 Å². The zero-order valence-electron chi connectivity index (χ0n) is 25.7. The van der Waals surface area contributed by atoms with Crippen LogP contribution in [0.15, 0.2) is 12.2 Å². The maximum absolute atomic E-state index is 11.1. The second-order valence-electron chi connectivity index (χ2n) is 11.7. The molecule has 2 N–H and O–H groups in total. The van der Waals surface area contributed by atoms with E-state index in [9.17, 15) is 19.5 Å². The highest BCUT2D eigenvalue weighted by Gasteiger charge is 2.28. The SMILES string of the molecule is CCCCCCCCCCCCCC/C=C/CCCCCCCC[N+](CCC(=O)[O-])(CCC(=O)O)CCC(=O)O. The van der Waals surface area contributed by atoms with E-state index in [1.54, 1.807) is 0 Å². The molecule has 0 saturated carbocycles. The van der Waals surface area contributed by atoms with Gasteiger partial charge in [0.2, 0.25) is 0 Å². The summed E-state index contributed by atoms with van der Waals surface area (Å²) in [4.78, 5) is 33.3. The van der Waals surface area contributed by atoms with Gasteiger partial charge in [0.15, 0.2) is 0 Å². The number of hydrogen-bond acceptors (Lipinski definition) is 4. The van der Waals surface area contributed by atoms with E-state index in [0.717, 1.165) is 32.1 Å². The summed E-state index contributed by atoms with van der Waals surface area (Å²) in [7, 11) is 0. The van der Waals surface area contributed by atoms with Gasteiger partial charge in [0.05, 0.1) is 39.0 Å². The highest BCUT2D eigenvalue weighted by molar-refractivity contribution is 5.67. The van der Waals surface area contributed by atoms with Gasteiger partial charge in [0.1, 0.15) is 0 Å². The van der Waals surface area contributed by atoms with Crippen LogP contribution in [0.2, 0.25) is 0 Å². The van der Waals surface area contributed by atoms with Crippen molar-refractivity contribution in [1.82, 2.24) is 0 Å². The fraction of sp³-hybridized carbons (Fsp3) is 0.848. The van der Waals surface area contributed by atoms with Gasteiger partial charge in [-0.1, -0.05) is 109 Å². The predicted molar refractivity (Wildman–Crippen MR) is 161 cm³/mol. The summed E-state index contributed by atoms with van der Waals surface area (Å²) < 4.78 is 0.219. The summed E-state index contributed by atoms with van der Waals surface area (Å²) >= 11 is 0. The van der Waals surface area contributed by atoms with E-state index in [0.29, 0.717) is 6.54 Å². The summed E-state index contributed by atoms with van der Waals surface area (Å²) in [5.41, 5.74) is 0. The third-order valence-corrected chi connectivity index (χ3v) is 8.03. The Bertz CT molecular complexity index is 618. The van der Waals surface area contributed by atoms with E-state index in [-0.39, 0.29) is 43.4 Å². The van der Waals surface area contributed by atoms with Gasteiger partial charge in [-0.3, -0.25) is 9.59 Å². The van der Waals surface area contributed by atoms with Crippen molar-refractivity contribution in [1.29, 1.82) is 0 Å². The molecule has 0 atom stereocenters. The first-order chi connectivity index (χ1) is 19.3. The first-order valence-electron chi connectivity index (χ1n) is 16.4. The Hall–Kier alpha value is -1.89. The Kier molecular flexibility index (Phi) is 26.0. The molecule has 0 aliphatic rings. The molecular weight excluding hydrogens is 506 g/mol. The second kappa shape index (κ2) is 27.3. The molecule has 0 amide bonds. The summed E-state index contributed by atoms with van der Waals surface area (Å²) in [5.74, 6) is -3.08. The largest absolute Gasteiger partial charge is 0.550 e. The predicted octanol–water partition coefficient (Wildman–Crippen LogP) is 7.27. The van der Waals surface area contributed by atoms with Crippen molar-refractivity contribution in [2.75, 3.05) is 26.2 Å². The van der Waals surface area contributed by atoms with Crippen LogP contribution in [0, 0.1) is 0 Å². The number of unbranched alkanes of at least 4 members (excludes halogenated alkanes) is 18. The Morgan fingerprint density at radius 1 is 0.525 bits per heavy atom. The van der Waals surface area contributed by atoms with Crippen LogP contribution in [-0.2, 0) is 14.4 Å². The van der Waals surface area contributed by atoms with E-state index in [1.165, 1.54) is 96.3 Å². The Morgan fingerprint density at radius 2 is 0.875 bits per heavy atom. The van der Waals surface area contributed by atoms with Gasteiger partial charge in [-0.05, 0) is 38.5 Å². The number of allylic oxidation sites excluding steroid dienone is 2. The Labute approximate surface area is 245 Å². The van der Waals surface area contributed by atoms with Gasteiger partial charge in [0.25, 0.3) is 0 Å². The average Bonchev–Trinajstić information content (AvgIpc) is 2.92. The van der Waals surface area contributed by atoms with Crippen LogP contribution in [-0.4, -0.2) is 58.8 Å². The zero-order valence-corrected chi connectivity index (χ0v) is 25.7. The van der Waals surface area contributed by atoms with Crippen molar-refractivity contribution in [2.45, 2.75) is 155 Å². The van der Waals surface area contributed by atoms with E-state index >= 15 is 0 Å². The first kappa shape index (κ1) is 38.1. The van der Waals surface area contributed by atoms with Crippen LogP contribution < -0.4 is 5.11 Å². The van der Waals surface area contributed by atoms with Gasteiger partial charge in [-0.15, -0.1) is 0 Å². The maximum atomic E-state index is 11.1. The molecule has 7 heteroatoms. The van der Waals surface area contributed by atoms with Crippen molar-refractivity contribution in [3.8, 4) is 0 Å². The lowest BCUT2D eigenvalue weighted by molar-refractivity contribution is -0.927. The molecular formula is C33H61NO6. The number of hydrogen-bond donors (Lipinski definition) is 2. The Balaban J connectivity index is 3.86. The van der Waals surface area contributed by atoms with Gasteiger partial charge in [-0.2, -0.15) is 0 Å². The summed E-state index contributed by atoms with van der Waals surface area (Å²) in [6.07, 6.45) is 29.7. The number of carboxylic acids is 3. The van der Waals surface area contributed by atoms with Crippen molar-refractivity contribution in [3.05, 3.63) is 12.2 Å². The smallest absolute Gasteiger partial charge is 0.309 e. The Morgan fingerprint density at radius 3 is 1.25 bits per heavy atom. The van der Waals surface area contributed by atoms with Crippen LogP contribution in [0.1, 0.15) is 155 Å². The van der Waals surface area contributed by atoms with Crippen LogP contribution in [0.25, 0.3) is 0 Å². The average molecular weight is 568 g/mol. The molecule has 0 fully saturated rings. The van der Waals surface area contributed by atoms with E-state index in [1.807, 2.05) is 0 Å². The molecule has 0 saturated heterocycles. The quantitative estimate of drug-likeness (QED) is 0.0517. The highest BCUT2D eigenvalue weighted by atomic mass is 16.4. The summed E-state index contributed by atoms with van der Waals surface area (Å²) in [6.45, 7) is 3.60. The maximum Gasteiger partial charge on any atom is 0.309 e. The molecule has 0 bridgehead atoms. The van der Waals surface area contributed by atoms with Crippen LogP contribution in [0.3, 0.4) is 0 Å². The number of rotatable bonds is 31. The van der Waals surface area contributed by atoms with Crippen molar-refractivity contribution >= 4 is 17.9 Å². The topological polar surface area (TPSA) is 115 Å². The number of nitrogens with zero attached hydrogens (tertiary/aromatic N) is 1. The zero-order chi connectivity index (χ0) is 29.7. The summed E-state index contributed by atoms with van der Waals surface area (Å²) in [6, 6.07) is 0. The minimum Gasteiger partial charge on any atom is -0.550 e. The minimum atomic E-state index is -1.18. The fourth-order valence-electron chi connectivity index (χ4n) is 5.42. The third-order valence-electron chi connectivity index (χ3n) is 8.03. The van der Waals surface area contributed by atoms with Gasteiger partial charge >= 0.3 is 11.9 Å². The molecule has 0 rings (SSSR count). The lowest BCUT2D eigenvalue weighted by atomic mass is 10.0. The third kappa shape index (κ3) is 26.3. The number of carbonyl (C=O) groups excluding carboxylic acids is 1. The first-order valence-corrected chi connectivity index (χ1v) is 16.4. The molecule has 0 aromatic carbocycles. The van der Waals surface area contributed by atoms with Gasteiger partial charge in [0, 0.05) is 12.4 Å². The van der Waals surface area contributed by atoms with Crippen LogP contribution in [0.4, 0.5) is 0 Å². The molecule has 0 spiro atoms. The molecule has 0 radical (unpaired) electrons. The number of aliphatic carboxylic acids is 3. The molecule has 0 heterocycles. The minimum absolute atomic E-state index is 0.0977. The van der Waals surface area contributed by atoms with E-state index in [4.69, 9.17) is 10.2 Å². The number of carbonyl (C=O) groups is 3. The normalized spacial score (nSPS) is 11.8. The fourth-order valence-corrected chi connectivity index (χ4v) is 5.42. The number of carboxylic acid groups (broad SMARTS) is 3. The lowest BCUT2D eigenvalue weighted by Gasteiger charge is -2.38. The van der Waals surface area contributed by atoms with E-state index < -0.39 is 17.9 Å². The van der Waals surface area contributed by atoms with Gasteiger partial charge in [-0.25, -0.2) is 0 Å². The molecule has 234 valence electrons. The molecule has 7 nitrogen and oxygen atoms in total. The van der Waals surface area contributed by atoms with Crippen LogP contribution >= 0.6 is 0 Å². The molecule has 0 aromatic heterocycles. The summed E-state index contributed by atoms with van der Waals surface area (Å²) in [5, 5.41) is 29.3. The molecule has 0 unspecified atom stereocenters. The highest BCUT2D eigenvalue weighted by Crippen LogP contribution is 2.17. The van der Waals surface area contributed by atoms with Crippen molar-refractivity contribution in [2.24, 2.45) is 0 Å². The number of quaternary nitrogens is 1. The van der Waals surface area contributed by atoms with E-state index in [2.05, 4.69) is 19.1 Å². The molecule has 40 heavy (non-hydrogen) atoms. The van der Waals surface area contributed by atoms with Crippen molar-refractivity contribution < 1.29 is 34.2 Å². The standard InChI is InChI=1S/C33H61NO6/c1-2-3-4-5-6-7-8-9-10-11-12-13-14-15-16-17-18-19-20-21-22-23-27-34(28-24-31(35)36,29-25-32(37)38)30-26-33(39)40/h15-16H,2-14,17-30H2,1H3,(H2-,35,36,37,38,39,40)/b16-15+. The van der Waals surface area contributed by atoms with Crippen LogP contribution in [0.5, 0.6) is 0 Å². The lowest BCUT2D eigenvalue weighted by Crippen LogP contribution is -2.53. The molecule has 0 aliphatic heterocycles. The molecule has 0 aromatic rings.